The Labute approximate surface area is 177 Å². The number of carbonyl (C=O) groups excluding carboxylic acids is 1. The van der Waals surface area contributed by atoms with Crippen molar-refractivity contribution >= 4 is 11.7 Å². The fourth-order valence-electron chi connectivity index (χ4n) is 3.70. The van der Waals surface area contributed by atoms with Crippen molar-refractivity contribution in [3.63, 3.8) is 0 Å². The Bertz CT molecular complexity index is 958. The molecular weight excluding hydrogens is 414 g/mol. The van der Waals surface area contributed by atoms with Crippen molar-refractivity contribution in [3.05, 3.63) is 53.0 Å². The summed E-state index contributed by atoms with van der Waals surface area (Å²) in [4.78, 5) is 18.0. The number of amides is 1. The predicted molar refractivity (Wildman–Crippen MR) is 107 cm³/mol. The molecule has 31 heavy (non-hydrogen) atoms. The van der Waals surface area contributed by atoms with E-state index in [1.807, 2.05) is 4.90 Å². The van der Waals surface area contributed by atoms with Crippen LogP contribution in [-0.2, 0) is 6.18 Å². The first-order chi connectivity index (χ1) is 14.7. The summed E-state index contributed by atoms with van der Waals surface area (Å²) in [7, 11) is 0. The molecule has 1 aromatic heterocycles. The van der Waals surface area contributed by atoms with Gasteiger partial charge >= 0.3 is 6.18 Å². The van der Waals surface area contributed by atoms with Crippen LogP contribution >= 0.6 is 0 Å². The number of hydrogen-bond donors (Lipinski definition) is 1. The molecule has 1 amide bonds. The van der Waals surface area contributed by atoms with E-state index in [2.05, 4.69) is 10.3 Å². The van der Waals surface area contributed by atoms with Crippen LogP contribution in [0.1, 0.15) is 47.2 Å². The van der Waals surface area contributed by atoms with Crippen molar-refractivity contribution < 1.29 is 27.1 Å². The molecular formula is C22H23F4N3O2. The number of pyridine rings is 1. The van der Waals surface area contributed by atoms with E-state index in [0.717, 1.165) is 37.9 Å². The molecule has 1 N–H and O–H groups in total. The SMILES string of the molecule is Cc1cc(C(=O)NC2CC2)c(F)cc1OC[C@H]1CCCN1c1ccc(C(F)(F)F)cn1. The summed E-state index contributed by atoms with van der Waals surface area (Å²) in [6.45, 7) is 2.63. The number of ether oxygens (including phenoxy) is 1. The Hall–Kier alpha value is -2.84. The molecule has 0 radical (unpaired) electrons. The lowest BCUT2D eigenvalue weighted by Gasteiger charge is -2.26. The topological polar surface area (TPSA) is 54.5 Å². The number of benzene rings is 1. The Morgan fingerprint density at radius 1 is 1.26 bits per heavy atom. The maximum atomic E-state index is 14.5. The number of halogens is 4. The summed E-state index contributed by atoms with van der Waals surface area (Å²) in [5.41, 5.74) is -0.159. The van der Waals surface area contributed by atoms with Crippen LogP contribution in [0.5, 0.6) is 5.75 Å². The van der Waals surface area contributed by atoms with Crippen LogP contribution in [0.15, 0.2) is 30.5 Å². The van der Waals surface area contributed by atoms with E-state index in [0.29, 0.717) is 23.7 Å². The van der Waals surface area contributed by atoms with Gasteiger partial charge in [0.2, 0.25) is 0 Å². The van der Waals surface area contributed by atoms with Gasteiger partial charge in [0.05, 0.1) is 17.2 Å². The van der Waals surface area contributed by atoms with Gasteiger partial charge < -0.3 is 15.0 Å². The minimum Gasteiger partial charge on any atom is -0.491 e. The van der Waals surface area contributed by atoms with Gasteiger partial charge in [-0.1, -0.05) is 0 Å². The second-order valence-corrected chi connectivity index (χ2v) is 8.05. The third-order valence-corrected chi connectivity index (χ3v) is 5.60. The lowest BCUT2D eigenvalue weighted by Crippen LogP contribution is -2.35. The summed E-state index contributed by atoms with van der Waals surface area (Å²) < 4.78 is 58.6. The van der Waals surface area contributed by atoms with Gasteiger partial charge in [-0.25, -0.2) is 9.37 Å². The molecule has 1 aliphatic carbocycles. The molecule has 5 nitrogen and oxygen atoms in total. The zero-order valence-corrected chi connectivity index (χ0v) is 17.0. The molecule has 1 saturated heterocycles. The summed E-state index contributed by atoms with van der Waals surface area (Å²) in [6.07, 6.45) is -0.131. The molecule has 1 atom stereocenters. The average Bonchev–Trinajstić information content (AvgIpc) is 3.41. The minimum atomic E-state index is -4.43. The molecule has 0 unspecified atom stereocenters. The smallest absolute Gasteiger partial charge is 0.417 e. The van der Waals surface area contributed by atoms with E-state index >= 15 is 0 Å². The van der Waals surface area contributed by atoms with Crippen molar-refractivity contribution in [2.75, 3.05) is 18.1 Å². The van der Waals surface area contributed by atoms with E-state index in [4.69, 9.17) is 4.74 Å². The molecule has 1 aromatic carbocycles. The van der Waals surface area contributed by atoms with Gasteiger partial charge in [0, 0.05) is 24.8 Å². The van der Waals surface area contributed by atoms with Crippen LogP contribution < -0.4 is 15.0 Å². The Morgan fingerprint density at radius 2 is 2.03 bits per heavy atom. The number of rotatable bonds is 6. The van der Waals surface area contributed by atoms with Gasteiger partial charge in [0.1, 0.15) is 24.0 Å². The van der Waals surface area contributed by atoms with Crippen LogP contribution in [0.4, 0.5) is 23.4 Å². The number of aromatic nitrogens is 1. The maximum absolute atomic E-state index is 14.5. The highest BCUT2D eigenvalue weighted by atomic mass is 19.4. The highest BCUT2D eigenvalue weighted by molar-refractivity contribution is 5.95. The first-order valence-corrected chi connectivity index (χ1v) is 10.3. The number of nitrogens with one attached hydrogen (secondary N) is 1. The zero-order chi connectivity index (χ0) is 22.2. The third-order valence-electron chi connectivity index (χ3n) is 5.60. The first kappa shape index (κ1) is 21.4. The van der Waals surface area contributed by atoms with Gasteiger partial charge in [-0.05, 0) is 56.4 Å². The van der Waals surface area contributed by atoms with Gasteiger partial charge in [-0.3, -0.25) is 4.79 Å². The molecule has 0 bridgehead atoms. The lowest BCUT2D eigenvalue weighted by molar-refractivity contribution is -0.137. The van der Waals surface area contributed by atoms with Crippen LogP contribution in [-0.4, -0.2) is 36.1 Å². The van der Waals surface area contributed by atoms with Crippen LogP contribution in [0.25, 0.3) is 0 Å². The quantitative estimate of drug-likeness (QED) is 0.677. The Balaban J connectivity index is 1.42. The fraction of sp³-hybridized carbons (Fsp3) is 0.455. The number of aryl methyl sites for hydroxylation is 1. The number of anilines is 1. The second-order valence-electron chi connectivity index (χ2n) is 8.05. The Kier molecular flexibility index (Phi) is 5.77. The van der Waals surface area contributed by atoms with E-state index in [1.54, 1.807) is 6.92 Å². The normalized spacial score (nSPS) is 18.9. The molecule has 4 rings (SSSR count). The van der Waals surface area contributed by atoms with Crippen molar-refractivity contribution in [1.82, 2.24) is 10.3 Å². The van der Waals surface area contributed by atoms with Gasteiger partial charge in [-0.15, -0.1) is 0 Å². The van der Waals surface area contributed by atoms with E-state index in [-0.39, 0.29) is 24.3 Å². The summed E-state index contributed by atoms with van der Waals surface area (Å²) in [6, 6.07) is 5.11. The number of alkyl halides is 3. The van der Waals surface area contributed by atoms with Crippen LogP contribution in [0.2, 0.25) is 0 Å². The van der Waals surface area contributed by atoms with Crippen LogP contribution in [0, 0.1) is 12.7 Å². The van der Waals surface area contributed by atoms with Gasteiger partial charge in [-0.2, -0.15) is 13.2 Å². The molecule has 2 aromatic rings. The number of nitrogens with zero attached hydrogens (tertiary/aromatic N) is 2. The van der Waals surface area contributed by atoms with Crippen molar-refractivity contribution in [2.45, 2.75) is 50.9 Å². The molecule has 166 valence electrons. The maximum Gasteiger partial charge on any atom is 0.417 e. The highest BCUT2D eigenvalue weighted by Crippen LogP contribution is 2.31. The lowest BCUT2D eigenvalue weighted by atomic mass is 10.1. The zero-order valence-electron chi connectivity index (χ0n) is 17.0. The Morgan fingerprint density at radius 3 is 2.68 bits per heavy atom. The summed E-state index contributed by atoms with van der Waals surface area (Å²) >= 11 is 0. The predicted octanol–water partition coefficient (Wildman–Crippen LogP) is 4.49. The molecule has 1 aliphatic heterocycles. The van der Waals surface area contributed by atoms with Crippen LogP contribution in [0.3, 0.4) is 0 Å². The summed E-state index contributed by atoms with van der Waals surface area (Å²) in [5, 5.41) is 2.77. The molecule has 2 aliphatic rings. The largest absolute Gasteiger partial charge is 0.491 e. The van der Waals surface area contributed by atoms with E-state index in [1.165, 1.54) is 18.2 Å². The first-order valence-electron chi connectivity index (χ1n) is 10.3. The van der Waals surface area contributed by atoms with Crippen molar-refractivity contribution in [2.24, 2.45) is 0 Å². The third kappa shape index (κ3) is 4.91. The van der Waals surface area contributed by atoms with Gasteiger partial charge in [0.15, 0.2) is 0 Å². The summed E-state index contributed by atoms with van der Waals surface area (Å²) in [5.74, 6) is -0.279. The molecule has 0 spiro atoms. The van der Waals surface area contributed by atoms with Crippen molar-refractivity contribution in [1.29, 1.82) is 0 Å². The molecule has 9 heteroatoms. The number of hydrogen-bond acceptors (Lipinski definition) is 4. The molecule has 2 heterocycles. The minimum absolute atomic E-state index is 0.00630. The number of carbonyl (C=O) groups is 1. The van der Waals surface area contributed by atoms with E-state index in [9.17, 15) is 22.4 Å². The fourth-order valence-corrected chi connectivity index (χ4v) is 3.70. The average molecular weight is 437 g/mol. The van der Waals surface area contributed by atoms with E-state index < -0.39 is 23.5 Å². The second kappa shape index (κ2) is 8.36. The standard InChI is InChI=1S/C22H23F4N3O2/c1-13-9-17(21(30)28-15-5-6-15)18(23)10-19(13)31-12-16-3-2-8-29(16)20-7-4-14(11-27-20)22(24,25)26/h4,7,9-11,15-16H,2-3,5-6,8,12H2,1H3,(H,28,30)/t16-/m1/s1. The van der Waals surface area contributed by atoms with Gasteiger partial charge in [0.25, 0.3) is 5.91 Å². The molecule has 2 fully saturated rings. The molecule has 1 saturated carbocycles. The monoisotopic (exact) mass is 437 g/mol. The van der Waals surface area contributed by atoms with Crippen molar-refractivity contribution in [3.8, 4) is 5.75 Å². The highest BCUT2D eigenvalue weighted by Gasteiger charge is 2.32.